The number of hydrogen-bond donors (Lipinski definition) is 2. The van der Waals surface area contributed by atoms with Gasteiger partial charge in [-0.25, -0.2) is 19.2 Å². The number of ether oxygens (including phenoxy) is 3. The molecular weight excluding hydrogens is 619 g/mol. The number of benzene rings is 2. The zero-order valence-electron chi connectivity index (χ0n) is 22.8. The van der Waals surface area contributed by atoms with Crippen LogP contribution < -0.4 is 0 Å². The molecule has 0 bridgehead atoms. The van der Waals surface area contributed by atoms with E-state index >= 15 is 0 Å². The number of esters is 1. The number of carboxylic acids is 2. The topological polar surface area (TPSA) is 136 Å². The Kier molecular flexibility index (Phi) is 12.2. The summed E-state index contributed by atoms with van der Waals surface area (Å²) in [6.07, 6.45) is 6.41. The highest BCUT2D eigenvalue weighted by Crippen LogP contribution is 2.40. The quantitative estimate of drug-likeness (QED) is 0.266. The van der Waals surface area contributed by atoms with Gasteiger partial charge in [-0.3, -0.25) is 0 Å². The number of aryl methyl sites for hydroxylation is 2. The molecule has 0 heterocycles. The molecule has 2 aromatic rings. The van der Waals surface area contributed by atoms with Gasteiger partial charge < -0.3 is 24.4 Å². The number of aromatic carboxylic acids is 2. The van der Waals surface area contributed by atoms with Gasteiger partial charge in [0.15, 0.2) is 0 Å². The molecule has 2 aliphatic carbocycles. The summed E-state index contributed by atoms with van der Waals surface area (Å²) < 4.78 is 13.9. The van der Waals surface area contributed by atoms with Crippen molar-refractivity contribution in [2.24, 2.45) is 0 Å². The first-order valence-electron chi connectivity index (χ1n) is 12.6. The van der Waals surface area contributed by atoms with E-state index < -0.39 is 24.1 Å². The van der Waals surface area contributed by atoms with E-state index in [4.69, 9.17) is 14.9 Å². The smallest absolute Gasteiger partial charge is 0.478 e. The van der Waals surface area contributed by atoms with E-state index in [0.717, 1.165) is 34.0 Å². The molecule has 2 fully saturated rings. The molecule has 10 heteroatoms. The highest BCUT2D eigenvalue weighted by molar-refractivity contribution is 14.1. The third-order valence-corrected chi connectivity index (χ3v) is 7.96. The van der Waals surface area contributed by atoms with Crippen molar-refractivity contribution in [2.75, 3.05) is 21.3 Å². The summed E-state index contributed by atoms with van der Waals surface area (Å²) in [5.41, 5.74) is 4.83. The van der Waals surface area contributed by atoms with E-state index in [1.54, 1.807) is 13.0 Å². The minimum absolute atomic E-state index is 0.165. The van der Waals surface area contributed by atoms with Gasteiger partial charge in [0.05, 0.1) is 38.0 Å². The Morgan fingerprint density at radius 3 is 1.49 bits per heavy atom. The van der Waals surface area contributed by atoms with Crippen molar-refractivity contribution in [3.05, 3.63) is 66.8 Å². The van der Waals surface area contributed by atoms with E-state index in [1.807, 2.05) is 13.0 Å². The summed E-state index contributed by atoms with van der Waals surface area (Å²) in [6.45, 7) is 3.63. The zero-order chi connectivity index (χ0) is 29.3. The van der Waals surface area contributed by atoms with Crippen molar-refractivity contribution in [2.45, 2.75) is 64.2 Å². The van der Waals surface area contributed by atoms with Crippen molar-refractivity contribution >= 4 is 46.7 Å². The van der Waals surface area contributed by atoms with E-state index in [2.05, 4.69) is 38.1 Å². The van der Waals surface area contributed by atoms with Gasteiger partial charge in [0, 0.05) is 3.57 Å². The fourth-order valence-corrected chi connectivity index (χ4v) is 5.26. The summed E-state index contributed by atoms with van der Waals surface area (Å²) in [6, 6.07) is 7.11. The molecule has 0 aliphatic heterocycles. The number of methoxy groups -OCH3 is 3. The molecule has 2 aromatic carbocycles. The first kappa shape index (κ1) is 32.1. The lowest BCUT2D eigenvalue weighted by Crippen LogP contribution is -2.16. The van der Waals surface area contributed by atoms with Gasteiger partial charge in [-0.15, -0.1) is 0 Å². The van der Waals surface area contributed by atoms with Crippen molar-refractivity contribution < 1.29 is 43.6 Å². The molecule has 0 unspecified atom stereocenters. The van der Waals surface area contributed by atoms with Crippen LogP contribution >= 0.6 is 22.6 Å². The molecule has 2 aliphatic rings. The van der Waals surface area contributed by atoms with Crippen LogP contribution in [0.1, 0.15) is 104 Å². The SMILES string of the molecule is COC(=O)OC.COC(=O)c1cc(C(=O)O)c(C)cc1C1CCC1.Cc1cc(C2CCC2)c(I)cc1C(=O)O. The van der Waals surface area contributed by atoms with Crippen LogP contribution in [0.5, 0.6) is 0 Å². The molecule has 0 saturated heterocycles. The highest BCUT2D eigenvalue weighted by atomic mass is 127. The molecule has 0 atom stereocenters. The Morgan fingerprint density at radius 1 is 0.692 bits per heavy atom. The Hall–Kier alpha value is -3.15. The van der Waals surface area contributed by atoms with Crippen LogP contribution in [0.2, 0.25) is 0 Å². The summed E-state index contributed by atoms with van der Waals surface area (Å²) in [5, 5.41) is 18.1. The molecule has 0 amide bonds. The predicted molar refractivity (Wildman–Crippen MR) is 153 cm³/mol. The zero-order valence-corrected chi connectivity index (χ0v) is 25.0. The third-order valence-electron chi connectivity index (χ3n) is 7.03. The van der Waals surface area contributed by atoms with E-state index in [1.165, 1.54) is 52.2 Å². The lowest BCUT2D eigenvalue weighted by atomic mass is 9.77. The molecule has 2 saturated carbocycles. The van der Waals surface area contributed by atoms with Crippen LogP contribution in [0.4, 0.5) is 4.79 Å². The molecule has 0 radical (unpaired) electrons. The highest BCUT2D eigenvalue weighted by Gasteiger charge is 2.27. The molecule has 212 valence electrons. The van der Waals surface area contributed by atoms with Crippen molar-refractivity contribution in [1.82, 2.24) is 0 Å². The van der Waals surface area contributed by atoms with E-state index in [0.29, 0.717) is 28.5 Å². The van der Waals surface area contributed by atoms with Gasteiger partial charge in [0.25, 0.3) is 0 Å². The second kappa shape index (κ2) is 14.9. The number of carbonyl (C=O) groups is 4. The summed E-state index contributed by atoms with van der Waals surface area (Å²) in [7, 11) is 3.82. The predicted octanol–water partition coefficient (Wildman–Crippen LogP) is 6.71. The number of hydrogen-bond acceptors (Lipinski definition) is 7. The minimum Gasteiger partial charge on any atom is -0.478 e. The van der Waals surface area contributed by atoms with Gasteiger partial charge in [0.1, 0.15) is 0 Å². The Morgan fingerprint density at radius 2 is 1.13 bits per heavy atom. The maximum absolute atomic E-state index is 11.7. The normalized spacial score (nSPS) is 14.2. The lowest BCUT2D eigenvalue weighted by Gasteiger charge is -2.28. The Bertz CT molecular complexity index is 1210. The molecular formula is C29H35IO9. The van der Waals surface area contributed by atoms with Crippen LogP contribution in [0, 0.1) is 17.4 Å². The summed E-state index contributed by atoms with van der Waals surface area (Å²) >= 11 is 2.25. The van der Waals surface area contributed by atoms with Crippen LogP contribution in [0.15, 0.2) is 24.3 Å². The van der Waals surface area contributed by atoms with Crippen LogP contribution in [-0.4, -0.2) is 55.6 Å². The van der Waals surface area contributed by atoms with Crippen molar-refractivity contribution in [1.29, 1.82) is 0 Å². The monoisotopic (exact) mass is 654 g/mol. The standard InChI is InChI=1S/C14H16O4.C12H13IO2.C3H6O3/c1-8-6-11(9-4-3-5-9)12(14(17)18-2)7-10(8)13(15)16;1-7-5-10(8-3-2-4-8)11(13)6-9(7)12(14)15;1-5-3(4)6-2/h6-7,9H,3-5H2,1-2H3,(H,15,16);5-6,8H,2-4H2,1H3,(H,14,15);1-2H3. The van der Waals surface area contributed by atoms with E-state index in [-0.39, 0.29) is 5.56 Å². The van der Waals surface area contributed by atoms with Gasteiger partial charge >= 0.3 is 24.1 Å². The van der Waals surface area contributed by atoms with E-state index in [9.17, 15) is 19.2 Å². The molecule has 9 nitrogen and oxygen atoms in total. The first-order valence-corrected chi connectivity index (χ1v) is 13.6. The fourth-order valence-electron chi connectivity index (χ4n) is 4.35. The van der Waals surface area contributed by atoms with Crippen molar-refractivity contribution in [3.63, 3.8) is 0 Å². The number of carboxylic acid groups (broad SMARTS) is 2. The molecule has 4 rings (SSSR count). The minimum atomic E-state index is -1.02. The van der Waals surface area contributed by atoms with Gasteiger partial charge in [-0.05, 0) is 108 Å². The maximum Gasteiger partial charge on any atom is 0.507 e. The van der Waals surface area contributed by atoms with Crippen molar-refractivity contribution in [3.8, 4) is 0 Å². The molecule has 0 aromatic heterocycles. The van der Waals surface area contributed by atoms with Crippen LogP contribution in [-0.2, 0) is 14.2 Å². The number of rotatable bonds is 5. The number of halogens is 1. The van der Waals surface area contributed by atoms with Gasteiger partial charge in [0.2, 0.25) is 0 Å². The van der Waals surface area contributed by atoms with Gasteiger partial charge in [-0.1, -0.05) is 25.0 Å². The van der Waals surface area contributed by atoms with Gasteiger partial charge in [-0.2, -0.15) is 0 Å². The Labute approximate surface area is 242 Å². The fraction of sp³-hybridized carbons (Fsp3) is 0.448. The average molecular weight is 654 g/mol. The maximum atomic E-state index is 11.7. The lowest BCUT2D eigenvalue weighted by molar-refractivity contribution is 0.0597. The van der Waals surface area contributed by atoms with Crippen LogP contribution in [0.3, 0.4) is 0 Å². The van der Waals surface area contributed by atoms with Crippen LogP contribution in [0.25, 0.3) is 0 Å². The second-order valence-corrected chi connectivity index (χ2v) is 10.6. The molecule has 0 spiro atoms. The number of carbonyl (C=O) groups excluding carboxylic acids is 2. The average Bonchev–Trinajstić information content (AvgIpc) is 2.83. The molecule has 39 heavy (non-hydrogen) atoms. The third kappa shape index (κ3) is 8.42. The Balaban J connectivity index is 0.000000230. The molecule has 2 N–H and O–H groups in total. The summed E-state index contributed by atoms with van der Waals surface area (Å²) in [5.74, 6) is -1.28. The first-order chi connectivity index (χ1) is 18.4. The largest absolute Gasteiger partial charge is 0.507 e. The summed E-state index contributed by atoms with van der Waals surface area (Å²) in [4.78, 5) is 43.5. The second-order valence-electron chi connectivity index (χ2n) is 9.46.